The highest BCUT2D eigenvalue weighted by atomic mass is 16.6. The zero-order valence-electron chi connectivity index (χ0n) is 25.1. The first-order chi connectivity index (χ1) is 20.4. The van der Waals surface area contributed by atoms with Gasteiger partial charge >= 0.3 is 6.09 Å². The van der Waals surface area contributed by atoms with E-state index >= 15 is 0 Å². The molecule has 4 N–H and O–H groups in total. The molecular weight excluding hydrogens is 552 g/mol. The summed E-state index contributed by atoms with van der Waals surface area (Å²) < 4.78 is 11.3. The van der Waals surface area contributed by atoms with Crippen molar-refractivity contribution >= 4 is 30.1 Å². The van der Waals surface area contributed by atoms with Crippen LogP contribution in [0.25, 0.3) is 0 Å². The predicted octanol–water partition coefficient (Wildman–Crippen LogP) is 2.42. The molecule has 5 atom stereocenters. The standard InChI is InChI=1S/C32H42N4O7/c1-21(43-32(2,3)4)27(36-31(41)42-20-23-13-9-6-10-14-23)30(40)35-26(17-22-11-7-5-8-12-22)29(39)34-25(19-37)18-24-15-16-33-28(24)38/h5-14,19,21,24-27H,15-18,20H2,1-4H3,(H,33,38)(H,34,39)(H,35,40)(H,36,41). The molecule has 11 nitrogen and oxygen atoms in total. The van der Waals surface area contributed by atoms with Crippen molar-refractivity contribution in [3.63, 3.8) is 0 Å². The number of ether oxygens (including phenoxy) is 2. The van der Waals surface area contributed by atoms with Crippen LogP contribution in [0.15, 0.2) is 60.7 Å². The molecule has 0 bridgehead atoms. The largest absolute Gasteiger partial charge is 0.445 e. The molecule has 2 aromatic rings. The summed E-state index contributed by atoms with van der Waals surface area (Å²) in [5.41, 5.74) is 0.904. The molecule has 11 heteroatoms. The normalized spacial score (nSPS) is 17.5. The number of carbonyl (C=O) groups is 5. The molecule has 1 aliphatic rings. The summed E-state index contributed by atoms with van der Waals surface area (Å²) in [5, 5.41) is 10.7. The van der Waals surface area contributed by atoms with Gasteiger partial charge < -0.3 is 35.5 Å². The first-order valence-corrected chi connectivity index (χ1v) is 14.5. The van der Waals surface area contributed by atoms with Gasteiger partial charge in [0.05, 0.1) is 17.7 Å². The maximum Gasteiger partial charge on any atom is 0.408 e. The minimum absolute atomic E-state index is 0.000655. The van der Waals surface area contributed by atoms with Crippen molar-refractivity contribution in [1.29, 1.82) is 0 Å². The van der Waals surface area contributed by atoms with Gasteiger partial charge in [-0.15, -0.1) is 0 Å². The molecule has 1 aliphatic heterocycles. The van der Waals surface area contributed by atoms with Gasteiger partial charge in [-0.3, -0.25) is 14.4 Å². The molecule has 0 aliphatic carbocycles. The Morgan fingerprint density at radius 3 is 2.14 bits per heavy atom. The summed E-state index contributed by atoms with van der Waals surface area (Å²) in [4.78, 5) is 63.8. The van der Waals surface area contributed by atoms with Gasteiger partial charge in [0.25, 0.3) is 0 Å². The van der Waals surface area contributed by atoms with Gasteiger partial charge in [0.15, 0.2) is 0 Å². The number of benzene rings is 2. The van der Waals surface area contributed by atoms with Crippen LogP contribution in [0, 0.1) is 5.92 Å². The van der Waals surface area contributed by atoms with Gasteiger partial charge in [-0.25, -0.2) is 4.79 Å². The average molecular weight is 595 g/mol. The van der Waals surface area contributed by atoms with E-state index in [0.29, 0.717) is 19.3 Å². The fourth-order valence-corrected chi connectivity index (χ4v) is 4.84. The first-order valence-electron chi connectivity index (χ1n) is 14.5. The summed E-state index contributed by atoms with van der Waals surface area (Å²) in [6.07, 6.45) is -0.185. The third-order valence-electron chi connectivity index (χ3n) is 6.89. The van der Waals surface area contributed by atoms with Crippen LogP contribution in [0.3, 0.4) is 0 Å². The molecule has 0 radical (unpaired) electrons. The number of alkyl carbamates (subject to hydrolysis) is 1. The molecule has 2 aromatic carbocycles. The van der Waals surface area contributed by atoms with Crippen LogP contribution in [0.2, 0.25) is 0 Å². The number of hydrogen-bond donors (Lipinski definition) is 4. The van der Waals surface area contributed by atoms with Crippen LogP contribution in [0.1, 0.15) is 51.7 Å². The lowest BCUT2D eigenvalue weighted by Gasteiger charge is -2.31. The van der Waals surface area contributed by atoms with Crippen molar-refractivity contribution in [2.75, 3.05) is 6.54 Å². The Kier molecular flexibility index (Phi) is 12.2. The Bertz CT molecular complexity index is 1230. The Labute approximate surface area is 252 Å². The Hall–Kier alpha value is -4.25. The lowest BCUT2D eigenvalue weighted by atomic mass is 9.98. The van der Waals surface area contributed by atoms with Crippen molar-refractivity contribution < 1.29 is 33.4 Å². The minimum atomic E-state index is -1.21. The third-order valence-corrected chi connectivity index (χ3v) is 6.89. The maximum atomic E-state index is 13.7. The lowest BCUT2D eigenvalue weighted by molar-refractivity contribution is -0.135. The molecule has 5 unspecified atom stereocenters. The molecule has 1 fully saturated rings. The van der Waals surface area contributed by atoms with Crippen molar-refractivity contribution in [3.8, 4) is 0 Å². The molecule has 43 heavy (non-hydrogen) atoms. The fourth-order valence-electron chi connectivity index (χ4n) is 4.84. The molecule has 1 saturated heterocycles. The molecule has 232 valence electrons. The fraction of sp³-hybridized carbons (Fsp3) is 0.469. The highest BCUT2D eigenvalue weighted by Crippen LogP contribution is 2.17. The SMILES string of the molecule is CC(OC(C)(C)C)C(NC(=O)OCc1ccccc1)C(=O)NC(Cc1ccccc1)C(=O)NC(C=O)CC1CCNC1=O. The van der Waals surface area contributed by atoms with Gasteiger partial charge in [-0.2, -0.15) is 0 Å². The van der Waals surface area contributed by atoms with Gasteiger partial charge in [-0.05, 0) is 51.7 Å². The number of rotatable bonds is 14. The summed E-state index contributed by atoms with van der Waals surface area (Å²) in [7, 11) is 0. The number of amides is 4. The Balaban J connectivity index is 1.76. The second kappa shape index (κ2) is 15.8. The van der Waals surface area contributed by atoms with E-state index in [1.807, 2.05) is 69.3 Å². The van der Waals surface area contributed by atoms with Crippen LogP contribution in [0.4, 0.5) is 4.79 Å². The highest BCUT2D eigenvalue weighted by molar-refractivity contribution is 5.92. The van der Waals surface area contributed by atoms with E-state index in [0.717, 1.165) is 11.1 Å². The second-order valence-electron chi connectivity index (χ2n) is 11.6. The summed E-state index contributed by atoms with van der Waals surface area (Å²) in [5.74, 6) is -1.80. The van der Waals surface area contributed by atoms with Crippen molar-refractivity contribution in [2.45, 2.75) is 83.4 Å². The molecule has 0 saturated carbocycles. The monoisotopic (exact) mass is 594 g/mol. The van der Waals surface area contributed by atoms with E-state index in [-0.39, 0.29) is 31.3 Å². The van der Waals surface area contributed by atoms with Crippen molar-refractivity contribution in [1.82, 2.24) is 21.3 Å². The first kappa shape index (κ1) is 33.3. The second-order valence-corrected chi connectivity index (χ2v) is 11.6. The number of hydrogen-bond acceptors (Lipinski definition) is 7. The zero-order valence-corrected chi connectivity index (χ0v) is 25.1. The van der Waals surface area contributed by atoms with Gasteiger partial charge in [0.2, 0.25) is 17.7 Å². The summed E-state index contributed by atoms with van der Waals surface area (Å²) in [6, 6.07) is 15.0. The van der Waals surface area contributed by atoms with E-state index < -0.39 is 47.7 Å². The zero-order chi connectivity index (χ0) is 31.4. The quantitative estimate of drug-likeness (QED) is 0.245. The Morgan fingerprint density at radius 2 is 1.58 bits per heavy atom. The lowest BCUT2D eigenvalue weighted by Crippen LogP contribution is -2.59. The molecular formula is C32H42N4O7. The highest BCUT2D eigenvalue weighted by Gasteiger charge is 2.35. The van der Waals surface area contributed by atoms with Crippen molar-refractivity contribution in [3.05, 3.63) is 71.8 Å². The van der Waals surface area contributed by atoms with Gasteiger partial charge in [-0.1, -0.05) is 60.7 Å². The molecule has 0 spiro atoms. The van der Waals surface area contributed by atoms with E-state index in [1.165, 1.54) is 0 Å². The smallest absolute Gasteiger partial charge is 0.408 e. The molecule has 1 heterocycles. The van der Waals surface area contributed by atoms with Crippen LogP contribution < -0.4 is 21.3 Å². The van der Waals surface area contributed by atoms with E-state index in [9.17, 15) is 24.0 Å². The minimum Gasteiger partial charge on any atom is -0.445 e. The molecule has 4 amide bonds. The van der Waals surface area contributed by atoms with Crippen molar-refractivity contribution in [2.24, 2.45) is 5.92 Å². The van der Waals surface area contributed by atoms with Gasteiger partial charge in [0, 0.05) is 18.9 Å². The molecule has 3 rings (SSSR count). The predicted molar refractivity (Wildman–Crippen MR) is 160 cm³/mol. The maximum absolute atomic E-state index is 13.7. The van der Waals surface area contributed by atoms with E-state index in [2.05, 4.69) is 21.3 Å². The van der Waals surface area contributed by atoms with E-state index in [1.54, 1.807) is 19.1 Å². The number of nitrogens with one attached hydrogen (secondary N) is 4. The average Bonchev–Trinajstić information content (AvgIpc) is 3.37. The Morgan fingerprint density at radius 1 is 0.953 bits per heavy atom. The molecule has 0 aromatic heterocycles. The summed E-state index contributed by atoms with van der Waals surface area (Å²) >= 11 is 0. The van der Waals surface area contributed by atoms with Gasteiger partial charge in [0.1, 0.15) is 25.0 Å². The van der Waals surface area contributed by atoms with Crippen LogP contribution in [-0.4, -0.2) is 66.5 Å². The topological polar surface area (TPSA) is 152 Å². The van der Waals surface area contributed by atoms with Crippen LogP contribution in [-0.2, 0) is 41.7 Å². The van der Waals surface area contributed by atoms with Crippen LogP contribution >= 0.6 is 0 Å². The number of carbonyl (C=O) groups excluding carboxylic acids is 5. The third kappa shape index (κ3) is 11.2. The van der Waals surface area contributed by atoms with E-state index in [4.69, 9.17) is 9.47 Å². The summed E-state index contributed by atoms with van der Waals surface area (Å²) in [6.45, 7) is 7.63. The van der Waals surface area contributed by atoms with Crippen LogP contribution in [0.5, 0.6) is 0 Å². The number of aldehydes is 1.